The zero-order chi connectivity index (χ0) is 21.5. The highest BCUT2D eigenvalue weighted by atomic mass is 19.1. The lowest BCUT2D eigenvalue weighted by Crippen LogP contribution is -2.49. The van der Waals surface area contributed by atoms with E-state index >= 15 is 0 Å². The fourth-order valence-electron chi connectivity index (χ4n) is 3.74. The van der Waals surface area contributed by atoms with Crippen LogP contribution in [0.25, 0.3) is 0 Å². The molecule has 2 aromatic carbocycles. The number of β-amino-alcohol motifs (C(OH)–C–C–N with tert-alkyl or cyclic N) is 1. The van der Waals surface area contributed by atoms with Crippen molar-refractivity contribution in [1.82, 2.24) is 15.1 Å². The van der Waals surface area contributed by atoms with Crippen LogP contribution in [0.4, 0.5) is 9.18 Å². The molecule has 7 heteroatoms. The summed E-state index contributed by atoms with van der Waals surface area (Å²) < 4.78 is 18.2. The van der Waals surface area contributed by atoms with Crippen molar-refractivity contribution in [2.45, 2.75) is 31.5 Å². The van der Waals surface area contributed by atoms with Crippen LogP contribution >= 0.6 is 0 Å². The monoisotopic (exact) mass is 415 g/mol. The molecule has 2 amide bonds. The summed E-state index contributed by atoms with van der Waals surface area (Å²) in [6.45, 7) is 2.58. The van der Waals surface area contributed by atoms with Gasteiger partial charge in [-0.2, -0.15) is 0 Å². The Hall–Kier alpha value is -2.64. The molecule has 0 aliphatic carbocycles. The smallest absolute Gasteiger partial charge is 0.317 e. The van der Waals surface area contributed by atoms with Gasteiger partial charge in [0.05, 0.1) is 13.2 Å². The summed E-state index contributed by atoms with van der Waals surface area (Å²) >= 11 is 0. The molecule has 3 rings (SSSR count). The van der Waals surface area contributed by atoms with E-state index in [4.69, 9.17) is 4.74 Å². The van der Waals surface area contributed by atoms with Crippen LogP contribution in [0.5, 0.6) is 5.75 Å². The van der Waals surface area contributed by atoms with Crippen LogP contribution in [0.3, 0.4) is 0 Å². The Morgan fingerprint density at radius 1 is 1.20 bits per heavy atom. The lowest BCUT2D eigenvalue weighted by Gasteiger charge is -2.37. The minimum absolute atomic E-state index is 0.0874. The molecule has 0 aromatic heterocycles. The van der Waals surface area contributed by atoms with Crippen LogP contribution < -0.4 is 10.1 Å². The standard InChI is InChI=1S/C23H30FN3O3/c1-26(23(29)25-15-17-3-9-21(30-2)10-4-17)20-11-13-27(14-12-20)16-22(28)18-5-7-19(24)8-6-18/h3-10,20,22,28H,11-16H2,1-2H3,(H,25,29). The van der Waals surface area contributed by atoms with Crippen molar-refractivity contribution < 1.29 is 19.0 Å². The number of nitrogens with zero attached hydrogens (tertiary/aromatic N) is 2. The van der Waals surface area contributed by atoms with Crippen LogP contribution in [0.15, 0.2) is 48.5 Å². The van der Waals surface area contributed by atoms with Crippen LogP contribution in [0.2, 0.25) is 0 Å². The van der Waals surface area contributed by atoms with Crippen molar-refractivity contribution >= 4 is 6.03 Å². The van der Waals surface area contributed by atoms with Crippen molar-refractivity contribution in [3.8, 4) is 5.75 Å². The van der Waals surface area contributed by atoms with Gasteiger partial charge in [0.25, 0.3) is 0 Å². The summed E-state index contributed by atoms with van der Waals surface area (Å²) in [4.78, 5) is 16.5. The van der Waals surface area contributed by atoms with Crippen molar-refractivity contribution in [2.75, 3.05) is 33.8 Å². The van der Waals surface area contributed by atoms with E-state index in [1.165, 1.54) is 12.1 Å². The topological polar surface area (TPSA) is 65.0 Å². The van der Waals surface area contributed by atoms with Crippen molar-refractivity contribution in [2.24, 2.45) is 0 Å². The second kappa shape index (κ2) is 10.4. The van der Waals surface area contributed by atoms with Gasteiger partial charge in [-0.05, 0) is 48.2 Å². The molecule has 1 atom stereocenters. The Morgan fingerprint density at radius 2 is 1.83 bits per heavy atom. The SMILES string of the molecule is COc1ccc(CNC(=O)N(C)C2CCN(CC(O)c3ccc(F)cc3)CC2)cc1. The van der Waals surface area contributed by atoms with Gasteiger partial charge in [-0.3, -0.25) is 0 Å². The summed E-state index contributed by atoms with van der Waals surface area (Å²) in [7, 11) is 3.46. The lowest BCUT2D eigenvalue weighted by atomic mass is 10.0. The fraction of sp³-hybridized carbons (Fsp3) is 0.435. The number of piperidine rings is 1. The molecule has 1 aliphatic heterocycles. The van der Waals surface area contributed by atoms with Gasteiger partial charge >= 0.3 is 6.03 Å². The number of aliphatic hydroxyl groups excluding tert-OH is 1. The second-order valence-corrected chi connectivity index (χ2v) is 7.72. The molecule has 0 bridgehead atoms. The van der Waals surface area contributed by atoms with Crippen molar-refractivity contribution in [3.05, 3.63) is 65.5 Å². The summed E-state index contributed by atoms with van der Waals surface area (Å²) in [5.74, 6) is 0.485. The number of carbonyl (C=O) groups is 1. The number of benzene rings is 2. The van der Waals surface area contributed by atoms with Gasteiger partial charge in [-0.15, -0.1) is 0 Å². The molecule has 1 saturated heterocycles. The average molecular weight is 416 g/mol. The number of halogens is 1. The number of urea groups is 1. The number of hydrogen-bond acceptors (Lipinski definition) is 4. The molecule has 0 spiro atoms. The van der Waals surface area contributed by atoms with E-state index in [9.17, 15) is 14.3 Å². The van der Waals surface area contributed by atoms with E-state index in [0.29, 0.717) is 18.7 Å². The minimum Gasteiger partial charge on any atom is -0.497 e. The zero-order valence-corrected chi connectivity index (χ0v) is 17.6. The third-order valence-electron chi connectivity index (χ3n) is 5.71. The van der Waals surface area contributed by atoms with E-state index in [-0.39, 0.29) is 17.9 Å². The number of rotatable bonds is 7. The molecule has 1 fully saturated rings. The lowest BCUT2D eigenvalue weighted by molar-refractivity contribution is 0.0798. The minimum atomic E-state index is -0.646. The highest BCUT2D eigenvalue weighted by Crippen LogP contribution is 2.20. The number of methoxy groups -OCH3 is 1. The Labute approximate surface area is 177 Å². The average Bonchev–Trinajstić information content (AvgIpc) is 2.78. The molecule has 1 heterocycles. The summed E-state index contributed by atoms with van der Waals surface area (Å²) in [6, 6.07) is 13.7. The quantitative estimate of drug-likeness (QED) is 0.729. The van der Waals surface area contributed by atoms with E-state index < -0.39 is 6.10 Å². The maximum atomic E-state index is 13.0. The van der Waals surface area contributed by atoms with Crippen LogP contribution in [0.1, 0.15) is 30.1 Å². The maximum Gasteiger partial charge on any atom is 0.317 e. The fourth-order valence-corrected chi connectivity index (χ4v) is 3.74. The highest BCUT2D eigenvalue weighted by molar-refractivity contribution is 5.74. The number of amides is 2. The molecule has 30 heavy (non-hydrogen) atoms. The van der Waals surface area contributed by atoms with Crippen molar-refractivity contribution in [3.63, 3.8) is 0 Å². The number of hydrogen-bond donors (Lipinski definition) is 2. The number of likely N-dealkylation sites (tertiary alicyclic amines) is 1. The number of carbonyl (C=O) groups excluding carboxylic acids is 1. The number of ether oxygens (including phenoxy) is 1. The molecule has 1 aliphatic rings. The molecule has 0 saturated carbocycles. The summed E-state index contributed by atoms with van der Waals surface area (Å²) in [5, 5.41) is 13.4. The van der Waals surface area contributed by atoms with Gasteiger partial charge in [0.1, 0.15) is 11.6 Å². The predicted molar refractivity (Wildman–Crippen MR) is 114 cm³/mol. The van der Waals surface area contributed by atoms with Crippen LogP contribution in [-0.4, -0.2) is 60.8 Å². The van der Waals surface area contributed by atoms with Gasteiger partial charge in [-0.1, -0.05) is 24.3 Å². The van der Waals surface area contributed by atoms with E-state index in [1.54, 1.807) is 24.1 Å². The third-order valence-corrected chi connectivity index (χ3v) is 5.71. The number of aliphatic hydroxyl groups is 1. The molecule has 2 aromatic rings. The zero-order valence-electron chi connectivity index (χ0n) is 17.6. The highest BCUT2D eigenvalue weighted by Gasteiger charge is 2.26. The second-order valence-electron chi connectivity index (χ2n) is 7.72. The first-order valence-electron chi connectivity index (χ1n) is 10.3. The largest absolute Gasteiger partial charge is 0.497 e. The van der Waals surface area contributed by atoms with Crippen molar-refractivity contribution in [1.29, 1.82) is 0 Å². The third kappa shape index (κ3) is 5.93. The molecule has 162 valence electrons. The molecule has 1 unspecified atom stereocenters. The van der Waals surface area contributed by atoms with E-state index in [2.05, 4.69) is 10.2 Å². The van der Waals surface area contributed by atoms with Gasteiger partial charge in [0.2, 0.25) is 0 Å². The van der Waals surface area contributed by atoms with E-state index in [1.807, 2.05) is 31.3 Å². The Morgan fingerprint density at radius 3 is 2.43 bits per heavy atom. The Balaban J connectivity index is 1.42. The molecular weight excluding hydrogens is 385 g/mol. The normalized spacial score (nSPS) is 16.1. The Bertz CT molecular complexity index is 805. The van der Waals surface area contributed by atoms with E-state index in [0.717, 1.165) is 37.2 Å². The summed E-state index contributed by atoms with van der Waals surface area (Å²) in [6.07, 6.45) is 1.05. The maximum absolute atomic E-state index is 13.0. The first kappa shape index (κ1) is 22.1. The van der Waals surface area contributed by atoms with Gasteiger partial charge < -0.3 is 25.0 Å². The van der Waals surface area contributed by atoms with Gasteiger partial charge in [0.15, 0.2) is 0 Å². The molecule has 0 radical (unpaired) electrons. The molecular formula is C23H30FN3O3. The molecule has 6 nitrogen and oxygen atoms in total. The predicted octanol–water partition coefficient (Wildman–Crippen LogP) is 3.17. The summed E-state index contributed by atoms with van der Waals surface area (Å²) in [5.41, 5.74) is 1.73. The molecule has 2 N–H and O–H groups in total. The van der Waals surface area contributed by atoms with Gasteiger partial charge in [0, 0.05) is 39.3 Å². The first-order valence-corrected chi connectivity index (χ1v) is 10.3. The first-order chi connectivity index (χ1) is 14.5. The Kier molecular flexibility index (Phi) is 7.65. The van der Waals surface area contributed by atoms with Crippen LogP contribution in [0, 0.1) is 5.82 Å². The number of nitrogens with one attached hydrogen (secondary N) is 1. The van der Waals surface area contributed by atoms with Gasteiger partial charge in [-0.25, -0.2) is 9.18 Å². The van der Waals surface area contributed by atoms with Crippen LogP contribution in [-0.2, 0) is 6.54 Å².